The van der Waals surface area contributed by atoms with Gasteiger partial charge in [-0.05, 0) is 43.9 Å². The van der Waals surface area contributed by atoms with Gasteiger partial charge in [-0.15, -0.1) is 0 Å². The number of unbranched alkanes of at least 4 members (excludes halogenated alkanes) is 1. The zero-order valence-electron chi connectivity index (χ0n) is 22.4. The first-order chi connectivity index (χ1) is 18.9. The lowest BCUT2D eigenvalue weighted by Crippen LogP contribution is -2.35. The van der Waals surface area contributed by atoms with Crippen LogP contribution in [0.5, 0.6) is 0 Å². The predicted molar refractivity (Wildman–Crippen MR) is 147 cm³/mol. The van der Waals surface area contributed by atoms with Gasteiger partial charge in [0.05, 0.1) is 17.8 Å². The molecule has 10 nitrogen and oxygen atoms in total. The molecule has 1 unspecified atom stereocenters. The van der Waals surface area contributed by atoms with Gasteiger partial charge in [0, 0.05) is 37.8 Å². The van der Waals surface area contributed by atoms with Crippen LogP contribution >= 0.6 is 0 Å². The first-order valence-corrected chi connectivity index (χ1v) is 13.3. The van der Waals surface area contributed by atoms with Crippen LogP contribution < -0.4 is 11.3 Å². The van der Waals surface area contributed by atoms with E-state index in [9.17, 15) is 14.4 Å². The van der Waals surface area contributed by atoms with E-state index in [0.29, 0.717) is 42.0 Å². The lowest BCUT2D eigenvalue weighted by Gasteiger charge is -2.23. The average molecular weight is 531 g/mol. The van der Waals surface area contributed by atoms with Crippen LogP contribution in [0.4, 0.5) is 0 Å². The first kappa shape index (κ1) is 27.7. The summed E-state index contributed by atoms with van der Waals surface area (Å²) in [5, 5.41) is 4.38. The van der Waals surface area contributed by atoms with Gasteiger partial charge in [0.15, 0.2) is 0 Å². The van der Waals surface area contributed by atoms with Crippen LogP contribution in [0.25, 0.3) is 11.1 Å². The Balaban J connectivity index is 1.51. The highest BCUT2D eigenvalue weighted by atomic mass is 16.5. The fourth-order valence-corrected chi connectivity index (χ4v) is 4.76. The van der Waals surface area contributed by atoms with Gasteiger partial charge in [-0.1, -0.05) is 48.8 Å². The molecule has 2 amide bonds. The number of fused-ring (bicyclic) bond motifs is 1. The van der Waals surface area contributed by atoms with Crippen LogP contribution in [0.1, 0.15) is 72.4 Å². The molecular weight excluding hydrogens is 496 g/mol. The van der Waals surface area contributed by atoms with E-state index < -0.39 is 5.91 Å². The van der Waals surface area contributed by atoms with Crippen LogP contribution in [0.15, 0.2) is 64.2 Å². The van der Waals surface area contributed by atoms with Crippen molar-refractivity contribution in [3.05, 3.63) is 87.9 Å². The second kappa shape index (κ2) is 12.9. The zero-order valence-corrected chi connectivity index (χ0v) is 22.4. The molecule has 0 saturated carbocycles. The van der Waals surface area contributed by atoms with Gasteiger partial charge in [-0.3, -0.25) is 23.9 Å². The molecule has 3 aromatic heterocycles. The maximum atomic E-state index is 13.5. The molecule has 3 heterocycles. The number of aromatic nitrogens is 4. The number of nitrogens with zero attached hydrogens (tertiary/aromatic N) is 5. The normalized spacial score (nSPS) is 11.9. The van der Waals surface area contributed by atoms with Gasteiger partial charge in [0.2, 0.25) is 5.91 Å². The molecule has 0 saturated heterocycles. The Hall–Kier alpha value is -4.34. The molecule has 1 aromatic carbocycles. The minimum atomic E-state index is -0.453. The van der Waals surface area contributed by atoms with Gasteiger partial charge in [-0.2, -0.15) is 4.98 Å². The Bertz CT molecular complexity index is 1470. The molecule has 2 N–H and O–H groups in total. The maximum absolute atomic E-state index is 13.5. The summed E-state index contributed by atoms with van der Waals surface area (Å²) < 4.78 is 7.12. The Kier molecular flexibility index (Phi) is 9.19. The topological polar surface area (TPSA) is 137 Å². The van der Waals surface area contributed by atoms with Gasteiger partial charge in [-0.25, -0.2) is 0 Å². The molecule has 1 atom stereocenters. The van der Waals surface area contributed by atoms with Crippen molar-refractivity contribution in [3.63, 3.8) is 0 Å². The molecule has 0 aliphatic carbocycles. The lowest BCUT2D eigenvalue weighted by molar-refractivity contribution is -0.118. The number of amides is 2. The molecule has 0 aliphatic heterocycles. The third kappa shape index (κ3) is 6.76. The zero-order chi connectivity index (χ0) is 27.8. The third-order valence-electron chi connectivity index (χ3n) is 6.89. The van der Waals surface area contributed by atoms with Crippen LogP contribution in [-0.4, -0.2) is 49.5 Å². The van der Waals surface area contributed by atoms with E-state index in [0.717, 1.165) is 24.8 Å². The average Bonchev–Trinajstić information content (AvgIpc) is 3.33. The summed E-state index contributed by atoms with van der Waals surface area (Å²) >= 11 is 0. The van der Waals surface area contributed by atoms with Gasteiger partial charge < -0.3 is 15.2 Å². The van der Waals surface area contributed by atoms with E-state index in [2.05, 4.69) is 17.1 Å². The summed E-state index contributed by atoms with van der Waals surface area (Å²) in [5.41, 5.74) is 7.45. The molecule has 0 radical (unpaired) electrons. The third-order valence-corrected chi connectivity index (χ3v) is 6.89. The molecule has 10 heteroatoms. The van der Waals surface area contributed by atoms with E-state index in [-0.39, 0.29) is 36.1 Å². The largest absolute Gasteiger partial charge is 0.370 e. The van der Waals surface area contributed by atoms with Gasteiger partial charge >= 0.3 is 0 Å². The molecule has 0 bridgehead atoms. The Morgan fingerprint density at radius 3 is 2.59 bits per heavy atom. The SMILES string of the molecule is CCC(CCCCN(CCC(N)=O)C(=O)c1cccnc1)c1nc2onc(C)c2c(=O)n1Cc1ccccc1. The monoisotopic (exact) mass is 530 g/mol. The first-order valence-electron chi connectivity index (χ1n) is 13.3. The molecule has 0 spiro atoms. The van der Waals surface area contributed by atoms with Crippen LogP contribution in [0.3, 0.4) is 0 Å². The highest BCUT2D eigenvalue weighted by Crippen LogP contribution is 2.26. The van der Waals surface area contributed by atoms with Crippen molar-refractivity contribution in [1.29, 1.82) is 0 Å². The molecule has 4 rings (SSSR count). The summed E-state index contributed by atoms with van der Waals surface area (Å²) in [4.78, 5) is 48.4. The number of aryl methyl sites for hydroxylation is 1. The number of primary amides is 1. The molecule has 0 aliphatic rings. The molecule has 39 heavy (non-hydrogen) atoms. The van der Waals surface area contributed by atoms with E-state index >= 15 is 0 Å². The fraction of sp³-hybridized carbons (Fsp3) is 0.379. The number of pyridine rings is 1. The predicted octanol–water partition coefficient (Wildman–Crippen LogP) is 3.82. The van der Waals surface area contributed by atoms with Crippen molar-refractivity contribution in [2.24, 2.45) is 5.73 Å². The van der Waals surface area contributed by atoms with Crippen molar-refractivity contribution in [2.75, 3.05) is 13.1 Å². The van der Waals surface area contributed by atoms with Crippen molar-refractivity contribution >= 4 is 22.9 Å². The number of hydrogen-bond acceptors (Lipinski definition) is 7. The second-order valence-electron chi connectivity index (χ2n) is 9.65. The van der Waals surface area contributed by atoms with E-state index in [1.807, 2.05) is 30.3 Å². The second-order valence-corrected chi connectivity index (χ2v) is 9.65. The minimum absolute atomic E-state index is 0.00399. The van der Waals surface area contributed by atoms with E-state index in [1.54, 1.807) is 34.7 Å². The van der Waals surface area contributed by atoms with Crippen molar-refractivity contribution in [1.82, 2.24) is 24.6 Å². The Morgan fingerprint density at radius 2 is 1.90 bits per heavy atom. The van der Waals surface area contributed by atoms with Crippen molar-refractivity contribution in [2.45, 2.75) is 58.4 Å². The van der Waals surface area contributed by atoms with Crippen molar-refractivity contribution < 1.29 is 14.1 Å². The quantitative estimate of drug-likeness (QED) is 0.259. The molecule has 0 fully saturated rings. The number of benzene rings is 1. The Labute approximate surface area is 226 Å². The summed E-state index contributed by atoms with van der Waals surface area (Å²) in [5.74, 6) is 0.0442. The summed E-state index contributed by atoms with van der Waals surface area (Å²) in [6.45, 7) is 4.95. The van der Waals surface area contributed by atoms with E-state index in [1.165, 1.54) is 6.20 Å². The van der Waals surface area contributed by atoms with Crippen LogP contribution in [0, 0.1) is 6.92 Å². The Morgan fingerprint density at radius 1 is 1.10 bits per heavy atom. The summed E-state index contributed by atoms with van der Waals surface area (Å²) in [6.07, 6.45) is 6.27. The van der Waals surface area contributed by atoms with Gasteiger partial charge in [0.1, 0.15) is 11.2 Å². The summed E-state index contributed by atoms with van der Waals surface area (Å²) in [7, 11) is 0. The number of nitrogens with two attached hydrogens (primary N) is 1. The smallest absolute Gasteiger partial charge is 0.267 e. The number of carbonyl (C=O) groups excluding carboxylic acids is 2. The molecular formula is C29H34N6O4. The van der Waals surface area contributed by atoms with Crippen LogP contribution in [-0.2, 0) is 11.3 Å². The maximum Gasteiger partial charge on any atom is 0.267 e. The lowest BCUT2D eigenvalue weighted by atomic mass is 9.97. The standard InChI is InChI=1S/C29H34N6O4/c1-3-22(12-7-8-16-34(17-14-24(30)36)28(37)23-13-9-15-31-18-23)26-32-27-25(20(2)33-39-27)29(38)35(26)19-21-10-5-4-6-11-21/h4-6,9-11,13,15,18,22H,3,7-8,12,14,16-17,19H2,1-2H3,(H2,30,36). The number of carbonyl (C=O) groups is 2. The van der Waals surface area contributed by atoms with Gasteiger partial charge in [0.25, 0.3) is 17.2 Å². The van der Waals surface area contributed by atoms with E-state index in [4.69, 9.17) is 15.2 Å². The highest BCUT2D eigenvalue weighted by Gasteiger charge is 2.23. The summed E-state index contributed by atoms with van der Waals surface area (Å²) in [6, 6.07) is 13.2. The number of hydrogen-bond donors (Lipinski definition) is 1. The number of rotatable bonds is 13. The fourth-order valence-electron chi connectivity index (χ4n) is 4.76. The van der Waals surface area contributed by atoms with Crippen LogP contribution in [0.2, 0.25) is 0 Å². The highest BCUT2D eigenvalue weighted by molar-refractivity contribution is 5.94. The molecule has 4 aromatic rings. The van der Waals surface area contributed by atoms with Crippen molar-refractivity contribution in [3.8, 4) is 0 Å². The minimum Gasteiger partial charge on any atom is -0.370 e. The molecule has 204 valence electrons.